The lowest BCUT2D eigenvalue weighted by Crippen LogP contribution is -2.48. The molecular weight excluding hydrogens is 156 g/mol. The molecule has 0 aromatic rings. The third-order valence-electron chi connectivity index (χ3n) is 2.46. The molecule has 3 heteroatoms. The Labute approximate surface area is 73.4 Å². The van der Waals surface area contributed by atoms with Crippen molar-refractivity contribution in [2.45, 2.75) is 38.9 Å². The molecule has 0 atom stereocenters. The zero-order valence-corrected chi connectivity index (χ0v) is 7.79. The van der Waals surface area contributed by atoms with Gasteiger partial charge in [-0.3, -0.25) is 0 Å². The molecule has 12 heavy (non-hydrogen) atoms. The van der Waals surface area contributed by atoms with Gasteiger partial charge in [0.1, 0.15) is 0 Å². The second kappa shape index (κ2) is 3.73. The summed E-state index contributed by atoms with van der Waals surface area (Å²) in [5, 5.41) is 17.9. The summed E-state index contributed by atoms with van der Waals surface area (Å²) in [6.45, 7) is 4.14. The SMILES string of the molecule is CC(C)OC1CC(CO)(CO)C1. The molecule has 72 valence electrons. The number of aliphatic hydroxyl groups excluding tert-OH is 2. The topological polar surface area (TPSA) is 49.7 Å². The highest BCUT2D eigenvalue weighted by atomic mass is 16.5. The summed E-state index contributed by atoms with van der Waals surface area (Å²) in [4.78, 5) is 0. The fourth-order valence-electron chi connectivity index (χ4n) is 1.70. The smallest absolute Gasteiger partial charge is 0.0592 e. The molecule has 1 aliphatic rings. The molecule has 0 aromatic carbocycles. The van der Waals surface area contributed by atoms with E-state index >= 15 is 0 Å². The minimum Gasteiger partial charge on any atom is -0.396 e. The number of hydrogen-bond acceptors (Lipinski definition) is 3. The Morgan fingerprint density at radius 1 is 1.33 bits per heavy atom. The first-order chi connectivity index (χ1) is 5.62. The van der Waals surface area contributed by atoms with E-state index in [2.05, 4.69) is 0 Å². The molecule has 1 saturated carbocycles. The van der Waals surface area contributed by atoms with E-state index in [1.165, 1.54) is 0 Å². The van der Waals surface area contributed by atoms with Gasteiger partial charge in [0.05, 0.1) is 25.4 Å². The third-order valence-corrected chi connectivity index (χ3v) is 2.46. The number of rotatable bonds is 4. The second-order valence-electron chi connectivity index (χ2n) is 4.03. The highest BCUT2D eigenvalue weighted by Gasteiger charge is 2.44. The van der Waals surface area contributed by atoms with Crippen LogP contribution < -0.4 is 0 Å². The van der Waals surface area contributed by atoms with Crippen molar-refractivity contribution in [2.75, 3.05) is 13.2 Å². The van der Waals surface area contributed by atoms with Gasteiger partial charge in [0, 0.05) is 5.41 Å². The van der Waals surface area contributed by atoms with Crippen LogP contribution in [0.25, 0.3) is 0 Å². The van der Waals surface area contributed by atoms with E-state index in [1.54, 1.807) is 0 Å². The van der Waals surface area contributed by atoms with Crippen molar-refractivity contribution >= 4 is 0 Å². The van der Waals surface area contributed by atoms with Gasteiger partial charge in [0.25, 0.3) is 0 Å². The monoisotopic (exact) mass is 174 g/mol. The van der Waals surface area contributed by atoms with E-state index in [0.717, 1.165) is 12.8 Å². The maximum Gasteiger partial charge on any atom is 0.0592 e. The number of aliphatic hydroxyl groups is 2. The van der Waals surface area contributed by atoms with E-state index in [-0.39, 0.29) is 30.8 Å². The second-order valence-corrected chi connectivity index (χ2v) is 4.03. The molecule has 1 aliphatic carbocycles. The van der Waals surface area contributed by atoms with Gasteiger partial charge in [0.15, 0.2) is 0 Å². The molecular formula is C9H18O3. The van der Waals surface area contributed by atoms with Crippen molar-refractivity contribution in [1.29, 1.82) is 0 Å². The zero-order chi connectivity index (χ0) is 9.19. The van der Waals surface area contributed by atoms with Crippen LogP contribution in [0.4, 0.5) is 0 Å². The van der Waals surface area contributed by atoms with Crippen LogP contribution in [0.3, 0.4) is 0 Å². The highest BCUT2D eigenvalue weighted by Crippen LogP contribution is 2.42. The molecule has 2 N–H and O–H groups in total. The number of ether oxygens (including phenoxy) is 1. The van der Waals surface area contributed by atoms with Gasteiger partial charge in [-0.1, -0.05) is 0 Å². The van der Waals surface area contributed by atoms with Gasteiger partial charge in [0.2, 0.25) is 0 Å². The summed E-state index contributed by atoms with van der Waals surface area (Å²) < 4.78 is 5.52. The van der Waals surface area contributed by atoms with E-state index in [0.29, 0.717) is 0 Å². The van der Waals surface area contributed by atoms with Gasteiger partial charge in [-0.05, 0) is 26.7 Å². The Morgan fingerprint density at radius 2 is 1.83 bits per heavy atom. The molecule has 3 nitrogen and oxygen atoms in total. The molecule has 0 heterocycles. The van der Waals surface area contributed by atoms with Crippen LogP contribution in [0.1, 0.15) is 26.7 Å². The minimum atomic E-state index is -0.250. The van der Waals surface area contributed by atoms with Crippen molar-refractivity contribution < 1.29 is 14.9 Å². The molecule has 1 fully saturated rings. The Kier molecular flexibility index (Phi) is 3.09. The molecule has 0 unspecified atom stereocenters. The zero-order valence-electron chi connectivity index (χ0n) is 7.79. The largest absolute Gasteiger partial charge is 0.396 e. The summed E-state index contributed by atoms with van der Waals surface area (Å²) in [5.41, 5.74) is -0.250. The van der Waals surface area contributed by atoms with Crippen LogP contribution in [-0.4, -0.2) is 35.6 Å². The van der Waals surface area contributed by atoms with Crippen LogP contribution in [0.5, 0.6) is 0 Å². The maximum absolute atomic E-state index is 8.97. The quantitative estimate of drug-likeness (QED) is 0.654. The standard InChI is InChI=1S/C9H18O3/c1-7(2)12-8-3-9(4-8,5-10)6-11/h7-8,10-11H,3-6H2,1-2H3. The van der Waals surface area contributed by atoms with Crippen molar-refractivity contribution in [1.82, 2.24) is 0 Å². The minimum absolute atomic E-state index is 0.0709. The first-order valence-corrected chi connectivity index (χ1v) is 4.49. The summed E-state index contributed by atoms with van der Waals surface area (Å²) in [6.07, 6.45) is 2.06. The average molecular weight is 174 g/mol. The van der Waals surface area contributed by atoms with Crippen molar-refractivity contribution in [3.05, 3.63) is 0 Å². The lowest BCUT2D eigenvalue weighted by atomic mass is 9.68. The first-order valence-electron chi connectivity index (χ1n) is 4.49. The fourth-order valence-corrected chi connectivity index (χ4v) is 1.70. The third kappa shape index (κ3) is 1.97. The maximum atomic E-state index is 8.97. The average Bonchev–Trinajstić information content (AvgIpc) is 1.95. The summed E-state index contributed by atoms with van der Waals surface area (Å²) >= 11 is 0. The van der Waals surface area contributed by atoms with Crippen LogP contribution in [-0.2, 0) is 4.74 Å². The molecule has 0 spiro atoms. The predicted octanol–water partition coefficient (Wildman–Crippen LogP) is 0.545. The molecule has 0 saturated heterocycles. The highest BCUT2D eigenvalue weighted by molar-refractivity contribution is 4.94. The van der Waals surface area contributed by atoms with Crippen molar-refractivity contribution in [3.8, 4) is 0 Å². The Balaban J connectivity index is 2.25. The van der Waals surface area contributed by atoms with Gasteiger partial charge < -0.3 is 14.9 Å². The van der Waals surface area contributed by atoms with Gasteiger partial charge in [-0.25, -0.2) is 0 Å². The molecule has 0 amide bonds. The molecule has 0 aliphatic heterocycles. The van der Waals surface area contributed by atoms with E-state index in [4.69, 9.17) is 14.9 Å². The van der Waals surface area contributed by atoms with Crippen LogP contribution in [0.2, 0.25) is 0 Å². The molecule has 0 aromatic heterocycles. The number of hydrogen-bond donors (Lipinski definition) is 2. The van der Waals surface area contributed by atoms with Gasteiger partial charge in [-0.2, -0.15) is 0 Å². The Bertz CT molecular complexity index is 133. The van der Waals surface area contributed by atoms with Gasteiger partial charge in [-0.15, -0.1) is 0 Å². The summed E-state index contributed by atoms with van der Waals surface area (Å²) in [5.74, 6) is 0. The van der Waals surface area contributed by atoms with Crippen LogP contribution >= 0.6 is 0 Å². The first kappa shape index (κ1) is 9.96. The van der Waals surface area contributed by atoms with Gasteiger partial charge >= 0.3 is 0 Å². The summed E-state index contributed by atoms with van der Waals surface area (Å²) in [7, 11) is 0. The van der Waals surface area contributed by atoms with Crippen LogP contribution in [0.15, 0.2) is 0 Å². The Morgan fingerprint density at radius 3 is 2.17 bits per heavy atom. The van der Waals surface area contributed by atoms with Crippen molar-refractivity contribution in [2.24, 2.45) is 5.41 Å². The fraction of sp³-hybridized carbons (Fsp3) is 1.00. The van der Waals surface area contributed by atoms with Crippen molar-refractivity contribution in [3.63, 3.8) is 0 Å². The summed E-state index contributed by atoms with van der Waals surface area (Å²) in [6, 6.07) is 0. The Hall–Kier alpha value is -0.120. The van der Waals surface area contributed by atoms with E-state index in [1.807, 2.05) is 13.8 Å². The molecule has 0 radical (unpaired) electrons. The normalized spacial score (nSPS) is 22.8. The molecule has 1 rings (SSSR count). The lowest BCUT2D eigenvalue weighted by Gasteiger charge is -2.45. The predicted molar refractivity (Wildman–Crippen MR) is 45.8 cm³/mol. The van der Waals surface area contributed by atoms with E-state index in [9.17, 15) is 0 Å². The lowest BCUT2D eigenvalue weighted by molar-refractivity contribution is -0.137. The van der Waals surface area contributed by atoms with E-state index < -0.39 is 0 Å². The van der Waals surface area contributed by atoms with Crippen LogP contribution in [0, 0.1) is 5.41 Å². The molecule has 0 bridgehead atoms.